The Morgan fingerprint density at radius 2 is 1.85 bits per heavy atom. The summed E-state index contributed by atoms with van der Waals surface area (Å²) in [5.74, 6) is 0.849. The quantitative estimate of drug-likeness (QED) is 0.728. The van der Waals surface area contributed by atoms with Gasteiger partial charge < -0.3 is 15.6 Å². The van der Waals surface area contributed by atoms with Crippen LogP contribution in [-0.4, -0.2) is 42.9 Å². The molecule has 2 atom stereocenters. The minimum Gasteiger partial charge on any atom is -0.497 e. The standard InChI is InChI=1S/C16H28N2O2/c1-4-10-18(11-12-19)16(15(17)5-2)13-6-8-14(20-3)9-7-13/h6-9,15-16,19H,4-5,10-12,17H2,1-3H3. The molecule has 4 heteroatoms. The van der Waals surface area contributed by atoms with E-state index in [2.05, 4.69) is 30.9 Å². The third-order valence-corrected chi connectivity index (χ3v) is 3.63. The van der Waals surface area contributed by atoms with Crippen LogP contribution in [0.3, 0.4) is 0 Å². The van der Waals surface area contributed by atoms with Crippen molar-refractivity contribution in [3.8, 4) is 5.75 Å². The summed E-state index contributed by atoms with van der Waals surface area (Å²) in [6.45, 7) is 5.99. The van der Waals surface area contributed by atoms with Crippen LogP contribution in [0.1, 0.15) is 38.3 Å². The molecule has 0 bridgehead atoms. The SMILES string of the molecule is CCCN(CCO)C(c1ccc(OC)cc1)C(N)CC. The first-order chi connectivity index (χ1) is 9.67. The maximum atomic E-state index is 9.29. The molecule has 0 saturated carbocycles. The zero-order valence-electron chi connectivity index (χ0n) is 12.9. The first-order valence-corrected chi connectivity index (χ1v) is 7.42. The molecular formula is C16H28N2O2. The van der Waals surface area contributed by atoms with Crippen molar-refractivity contribution >= 4 is 0 Å². The molecule has 0 radical (unpaired) electrons. The van der Waals surface area contributed by atoms with E-state index in [-0.39, 0.29) is 18.7 Å². The number of aliphatic hydroxyl groups excluding tert-OH is 1. The van der Waals surface area contributed by atoms with E-state index in [9.17, 15) is 5.11 Å². The summed E-state index contributed by atoms with van der Waals surface area (Å²) < 4.78 is 5.21. The van der Waals surface area contributed by atoms with Crippen molar-refractivity contribution in [1.82, 2.24) is 4.90 Å². The van der Waals surface area contributed by atoms with Gasteiger partial charge in [0.2, 0.25) is 0 Å². The second-order valence-electron chi connectivity index (χ2n) is 5.05. The molecule has 0 fully saturated rings. The van der Waals surface area contributed by atoms with E-state index in [0.29, 0.717) is 6.54 Å². The second kappa shape index (κ2) is 8.95. The molecule has 3 N–H and O–H groups in total. The van der Waals surface area contributed by atoms with Gasteiger partial charge in [-0.3, -0.25) is 4.90 Å². The fourth-order valence-electron chi connectivity index (χ4n) is 2.56. The van der Waals surface area contributed by atoms with Gasteiger partial charge in [0.15, 0.2) is 0 Å². The second-order valence-corrected chi connectivity index (χ2v) is 5.05. The number of aliphatic hydroxyl groups is 1. The largest absolute Gasteiger partial charge is 0.497 e. The van der Waals surface area contributed by atoms with Crippen LogP contribution in [0.4, 0.5) is 0 Å². The Labute approximate surface area is 122 Å². The number of nitrogens with two attached hydrogens (primary N) is 1. The predicted octanol–water partition coefficient (Wildman–Crippen LogP) is 2.18. The van der Waals surface area contributed by atoms with Gasteiger partial charge in [-0.25, -0.2) is 0 Å². The van der Waals surface area contributed by atoms with Gasteiger partial charge in [-0.05, 0) is 37.1 Å². The summed E-state index contributed by atoms with van der Waals surface area (Å²) in [5, 5.41) is 9.29. The van der Waals surface area contributed by atoms with Crippen LogP contribution in [0, 0.1) is 0 Å². The first-order valence-electron chi connectivity index (χ1n) is 7.42. The van der Waals surface area contributed by atoms with E-state index in [1.807, 2.05) is 12.1 Å². The number of methoxy groups -OCH3 is 1. The van der Waals surface area contributed by atoms with E-state index in [1.165, 1.54) is 5.56 Å². The summed E-state index contributed by atoms with van der Waals surface area (Å²) in [6.07, 6.45) is 1.95. The molecule has 20 heavy (non-hydrogen) atoms. The summed E-state index contributed by atoms with van der Waals surface area (Å²) in [4.78, 5) is 2.27. The third-order valence-electron chi connectivity index (χ3n) is 3.63. The highest BCUT2D eigenvalue weighted by molar-refractivity contribution is 5.30. The van der Waals surface area contributed by atoms with E-state index in [4.69, 9.17) is 10.5 Å². The summed E-state index contributed by atoms with van der Waals surface area (Å²) in [6, 6.07) is 8.26. The molecule has 2 unspecified atom stereocenters. The molecular weight excluding hydrogens is 252 g/mol. The maximum absolute atomic E-state index is 9.29. The Morgan fingerprint density at radius 1 is 1.20 bits per heavy atom. The molecule has 0 aliphatic rings. The molecule has 0 heterocycles. The first kappa shape index (κ1) is 17.0. The van der Waals surface area contributed by atoms with Gasteiger partial charge >= 0.3 is 0 Å². The molecule has 1 rings (SSSR count). The van der Waals surface area contributed by atoms with Gasteiger partial charge in [-0.15, -0.1) is 0 Å². The molecule has 4 nitrogen and oxygen atoms in total. The van der Waals surface area contributed by atoms with Crippen molar-refractivity contribution in [2.75, 3.05) is 26.8 Å². The van der Waals surface area contributed by atoms with Gasteiger partial charge in [-0.1, -0.05) is 26.0 Å². The number of hydrogen-bond donors (Lipinski definition) is 2. The highest BCUT2D eigenvalue weighted by atomic mass is 16.5. The smallest absolute Gasteiger partial charge is 0.118 e. The molecule has 0 spiro atoms. The van der Waals surface area contributed by atoms with Gasteiger partial charge in [0.1, 0.15) is 5.75 Å². The molecule has 0 aliphatic carbocycles. The Morgan fingerprint density at radius 3 is 2.30 bits per heavy atom. The van der Waals surface area contributed by atoms with E-state index in [1.54, 1.807) is 7.11 Å². The van der Waals surface area contributed by atoms with Crippen LogP contribution in [-0.2, 0) is 0 Å². The van der Waals surface area contributed by atoms with Gasteiger partial charge in [0.05, 0.1) is 13.7 Å². The predicted molar refractivity (Wildman–Crippen MR) is 83.0 cm³/mol. The van der Waals surface area contributed by atoms with Crippen molar-refractivity contribution in [3.63, 3.8) is 0 Å². The molecule has 0 aliphatic heterocycles. The van der Waals surface area contributed by atoms with Crippen molar-refractivity contribution in [2.45, 2.75) is 38.8 Å². The maximum Gasteiger partial charge on any atom is 0.118 e. The van der Waals surface area contributed by atoms with Crippen LogP contribution >= 0.6 is 0 Å². The van der Waals surface area contributed by atoms with Gasteiger partial charge in [0.25, 0.3) is 0 Å². The number of benzene rings is 1. The van der Waals surface area contributed by atoms with Crippen molar-refractivity contribution in [3.05, 3.63) is 29.8 Å². The van der Waals surface area contributed by atoms with Gasteiger partial charge in [0, 0.05) is 18.6 Å². The van der Waals surface area contributed by atoms with Crippen LogP contribution in [0.5, 0.6) is 5.75 Å². The number of rotatable bonds is 9. The van der Waals surface area contributed by atoms with Crippen LogP contribution < -0.4 is 10.5 Å². The van der Waals surface area contributed by atoms with E-state index < -0.39 is 0 Å². The topological polar surface area (TPSA) is 58.7 Å². The lowest BCUT2D eigenvalue weighted by molar-refractivity contribution is 0.132. The summed E-state index contributed by atoms with van der Waals surface area (Å²) in [5.41, 5.74) is 7.51. The Hall–Kier alpha value is -1.10. The zero-order chi connectivity index (χ0) is 15.0. The van der Waals surface area contributed by atoms with E-state index >= 15 is 0 Å². The van der Waals surface area contributed by atoms with Gasteiger partial charge in [-0.2, -0.15) is 0 Å². The minimum atomic E-state index is 0.0569. The fourth-order valence-corrected chi connectivity index (χ4v) is 2.56. The lowest BCUT2D eigenvalue weighted by Gasteiger charge is -2.35. The fraction of sp³-hybridized carbons (Fsp3) is 0.625. The highest BCUT2D eigenvalue weighted by Gasteiger charge is 2.24. The lowest BCUT2D eigenvalue weighted by atomic mass is 9.96. The normalized spacial score (nSPS) is 14.3. The van der Waals surface area contributed by atoms with Crippen molar-refractivity contribution in [2.24, 2.45) is 5.73 Å². The minimum absolute atomic E-state index is 0.0569. The molecule has 1 aromatic carbocycles. The van der Waals surface area contributed by atoms with Crippen LogP contribution in [0.25, 0.3) is 0 Å². The van der Waals surface area contributed by atoms with E-state index in [0.717, 1.165) is 25.1 Å². The Kier molecular flexibility index (Phi) is 7.59. The number of nitrogens with zero attached hydrogens (tertiary/aromatic N) is 1. The number of ether oxygens (including phenoxy) is 1. The lowest BCUT2D eigenvalue weighted by Crippen LogP contribution is -2.42. The van der Waals surface area contributed by atoms with Crippen molar-refractivity contribution in [1.29, 1.82) is 0 Å². The molecule has 0 aromatic heterocycles. The summed E-state index contributed by atoms with van der Waals surface area (Å²) in [7, 11) is 1.67. The molecule has 0 saturated heterocycles. The number of hydrogen-bond acceptors (Lipinski definition) is 4. The zero-order valence-corrected chi connectivity index (χ0v) is 12.9. The average molecular weight is 280 g/mol. The highest BCUT2D eigenvalue weighted by Crippen LogP contribution is 2.26. The third kappa shape index (κ3) is 4.47. The molecule has 114 valence electrons. The molecule has 0 amide bonds. The Balaban J connectivity index is 3.01. The van der Waals surface area contributed by atoms with Crippen molar-refractivity contribution < 1.29 is 9.84 Å². The monoisotopic (exact) mass is 280 g/mol. The van der Waals surface area contributed by atoms with Crippen LogP contribution in [0.15, 0.2) is 24.3 Å². The van der Waals surface area contributed by atoms with Crippen LogP contribution in [0.2, 0.25) is 0 Å². The Bertz CT molecular complexity index is 361. The summed E-state index contributed by atoms with van der Waals surface area (Å²) >= 11 is 0. The average Bonchev–Trinajstić information content (AvgIpc) is 2.48. The molecule has 1 aromatic rings.